The lowest BCUT2D eigenvalue weighted by atomic mass is 10.0. The molecule has 1 aromatic heterocycles. The minimum absolute atomic E-state index is 0.00396. The predicted molar refractivity (Wildman–Crippen MR) is 69.0 cm³/mol. The Morgan fingerprint density at radius 1 is 1.42 bits per heavy atom. The van der Waals surface area contributed by atoms with Gasteiger partial charge in [0, 0.05) is 0 Å². The first kappa shape index (κ1) is 13.2. The number of primary amides is 1. The number of carbonyl (C=O) groups excluding carboxylic acids is 1. The molecule has 19 heavy (non-hydrogen) atoms. The van der Waals surface area contributed by atoms with Crippen molar-refractivity contribution < 1.29 is 9.18 Å². The highest BCUT2D eigenvalue weighted by Crippen LogP contribution is 2.17. The average molecular weight is 263 g/mol. The van der Waals surface area contributed by atoms with Crippen LogP contribution in [0.15, 0.2) is 29.3 Å². The number of aromatic nitrogens is 2. The number of nitrogens with zero attached hydrogens (tertiary/aromatic N) is 2. The Hall–Kier alpha value is -2.24. The third-order valence-electron chi connectivity index (χ3n) is 2.99. The number of para-hydroxylation sites is 1. The van der Waals surface area contributed by atoms with Crippen molar-refractivity contribution in [3.8, 4) is 0 Å². The van der Waals surface area contributed by atoms with Gasteiger partial charge in [0.2, 0.25) is 5.91 Å². The summed E-state index contributed by atoms with van der Waals surface area (Å²) in [4.78, 5) is 27.6. The van der Waals surface area contributed by atoms with Crippen molar-refractivity contribution >= 4 is 16.8 Å². The maximum atomic E-state index is 13.5. The molecule has 100 valence electrons. The van der Waals surface area contributed by atoms with Gasteiger partial charge in [-0.2, -0.15) is 0 Å². The third kappa shape index (κ3) is 2.21. The summed E-state index contributed by atoms with van der Waals surface area (Å²) in [6, 6.07) is 3.34. The Balaban J connectivity index is 2.73. The number of carbonyl (C=O) groups is 1. The fraction of sp³-hybridized carbons (Fsp3) is 0.308. The highest BCUT2D eigenvalue weighted by Gasteiger charge is 2.23. The second-order valence-electron chi connectivity index (χ2n) is 4.68. The third-order valence-corrected chi connectivity index (χ3v) is 2.99. The molecule has 6 heteroatoms. The monoisotopic (exact) mass is 263 g/mol. The molecule has 1 aromatic carbocycles. The van der Waals surface area contributed by atoms with E-state index in [9.17, 15) is 14.0 Å². The molecular formula is C13H14FN3O2. The van der Waals surface area contributed by atoms with Crippen LogP contribution in [0.1, 0.15) is 19.9 Å². The Labute approximate surface area is 108 Å². The van der Waals surface area contributed by atoms with E-state index in [1.54, 1.807) is 13.8 Å². The largest absolute Gasteiger partial charge is 0.368 e. The molecule has 5 nitrogen and oxygen atoms in total. The molecule has 2 N–H and O–H groups in total. The number of rotatable bonds is 3. The van der Waals surface area contributed by atoms with Crippen molar-refractivity contribution in [1.82, 2.24) is 9.55 Å². The summed E-state index contributed by atoms with van der Waals surface area (Å²) < 4.78 is 14.7. The molecule has 2 rings (SSSR count). The molecule has 1 heterocycles. The Kier molecular flexibility index (Phi) is 3.33. The van der Waals surface area contributed by atoms with Gasteiger partial charge in [0.05, 0.1) is 11.7 Å². The fourth-order valence-corrected chi connectivity index (χ4v) is 2.12. The number of amides is 1. The zero-order valence-electron chi connectivity index (χ0n) is 10.6. The van der Waals surface area contributed by atoms with E-state index >= 15 is 0 Å². The van der Waals surface area contributed by atoms with Gasteiger partial charge in [0.25, 0.3) is 5.56 Å². The predicted octanol–water partition coefficient (Wildman–Crippen LogP) is 1.22. The lowest BCUT2D eigenvalue weighted by Crippen LogP contribution is -2.37. The molecule has 0 radical (unpaired) electrons. The summed E-state index contributed by atoms with van der Waals surface area (Å²) in [7, 11) is 0. The van der Waals surface area contributed by atoms with Gasteiger partial charge in [-0.05, 0) is 18.1 Å². The van der Waals surface area contributed by atoms with Crippen molar-refractivity contribution in [2.75, 3.05) is 0 Å². The maximum Gasteiger partial charge on any atom is 0.262 e. The van der Waals surface area contributed by atoms with Crippen LogP contribution in [0.3, 0.4) is 0 Å². The molecule has 1 amide bonds. The number of hydrogen-bond donors (Lipinski definition) is 1. The molecule has 0 fully saturated rings. The molecule has 0 aliphatic carbocycles. The van der Waals surface area contributed by atoms with Crippen LogP contribution in [0.5, 0.6) is 0 Å². The van der Waals surface area contributed by atoms with Crippen LogP contribution in [-0.4, -0.2) is 15.5 Å². The normalized spacial score (nSPS) is 12.8. The summed E-state index contributed by atoms with van der Waals surface area (Å²) in [6.07, 6.45) is 1.17. The number of benzene rings is 1. The van der Waals surface area contributed by atoms with Gasteiger partial charge in [0.15, 0.2) is 0 Å². The van der Waals surface area contributed by atoms with Crippen LogP contribution in [0.2, 0.25) is 0 Å². The number of halogens is 1. The zero-order valence-corrected chi connectivity index (χ0v) is 10.6. The number of hydrogen-bond acceptors (Lipinski definition) is 3. The van der Waals surface area contributed by atoms with Crippen molar-refractivity contribution in [1.29, 1.82) is 0 Å². The SMILES string of the molecule is CC(C)[C@@H](C(N)=O)n1cnc2c(F)cccc2c1=O. The molecule has 0 saturated carbocycles. The van der Waals surface area contributed by atoms with Crippen molar-refractivity contribution in [3.63, 3.8) is 0 Å². The van der Waals surface area contributed by atoms with Crippen LogP contribution in [0.25, 0.3) is 10.9 Å². The van der Waals surface area contributed by atoms with E-state index in [1.165, 1.54) is 24.5 Å². The van der Waals surface area contributed by atoms with Gasteiger partial charge >= 0.3 is 0 Å². The summed E-state index contributed by atoms with van der Waals surface area (Å²) in [5.74, 6) is -1.35. The van der Waals surface area contributed by atoms with Crippen LogP contribution in [0.4, 0.5) is 4.39 Å². The van der Waals surface area contributed by atoms with Gasteiger partial charge in [0.1, 0.15) is 17.4 Å². The molecular weight excluding hydrogens is 249 g/mol. The first-order valence-corrected chi connectivity index (χ1v) is 5.88. The van der Waals surface area contributed by atoms with E-state index in [1.807, 2.05) is 0 Å². The minimum Gasteiger partial charge on any atom is -0.368 e. The lowest BCUT2D eigenvalue weighted by molar-refractivity contribution is -0.122. The first-order chi connectivity index (χ1) is 8.93. The van der Waals surface area contributed by atoms with E-state index in [0.29, 0.717) is 0 Å². The van der Waals surface area contributed by atoms with Gasteiger partial charge in [-0.15, -0.1) is 0 Å². The van der Waals surface area contributed by atoms with Crippen molar-refractivity contribution in [3.05, 3.63) is 40.7 Å². The van der Waals surface area contributed by atoms with Crippen molar-refractivity contribution in [2.45, 2.75) is 19.9 Å². The molecule has 2 aromatic rings. The Morgan fingerprint density at radius 3 is 2.68 bits per heavy atom. The summed E-state index contributed by atoms with van der Waals surface area (Å²) in [6.45, 7) is 3.55. The van der Waals surface area contributed by atoms with E-state index in [-0.39, 0.29) is 16.8 Å². The van der Waals surface area contributed by atoms with Gasteiger partial charge in [-0.1, -0.05) is 19.9 Å². The van der Waals surface area contributed by atoms with E-state index < -0.39 is 23.3 Å². The summed E-state index contributed by atoms with van der Waals surface area (Å²) in [5, 5.41) is 0.134. The van der Waals surface area contributed by atoms with E-state index in [2.05, 4.69) is 4.98 Å². The zero-order chi connectivity index (χ0) is 14.2. The van der Waals surface area contributed by atoms with Crippen molar-refractivity contribution in [2.24, 2.45) is 11.7 Å². The van der Waals surface area contributed by atoms with Crippen LogP contribution in [-0.2, 0) is 4.79 Å². The second-order valence-corrected chi connectivity index (χ2v) is 4.68. The molecule has 0 aliphatic heterocycles. The molecule has 0 saturated heterocycles. The standard InChI is InChI=1S/C13H14FN3O2/c1-7(2)11(12(15)18)17-6-16-10-8(13(17)19)4-3-5-9(10)14/h3-7,11H,1-2H3,(H2,15,18)/t11-/m0/s1. The van der Waals surface area contributed by atoms with Crippen LogP contribution < -0.4 is 11.3 Å². The molecule has 0 unspecified atom stereocenters. The highest BCUT2D eigenvalue weighted by molar-refractivity contribution is 5.80. The smallest absolute Gasteiger partial charge is 0.262 e. The number of fused-ring (bicyclic) bond motifs is 1. The second kappa shape index (κ2) is 4.79. The maximum absolute atomic E-state index is 13.5. The fourth-order valence-electron chi connectivity index (χ4n) is 2.12. The van der Waals surface area contributed by atoms with Gasteiger partial charge in [-0.25, -0.2) is 9.37 Å². The van der Waals surface area contributed by atoms with Crippen LogP contribution in [0, 0.1) is 11.7 Å². The summed E-state index contributed by atoms with van der Waals surface area (Å²) >= 11 is 0. The van der Waals surface area contributed by atoms with E-state index in [0.717, 1.165) is 4.57 Å². The Bertz CT molecular complexity index is 694. The minimum atomic E-state index is -0.798. The van der Waals surface area contributed by atoms with Gasteiger partial charge < -0.3 is 5.73 Å². The van der Waals surface area contributed by atoms with E-state index in [4.69, 9.17) is 5.73 Å². The molecule has 0 bridgehead atoms. The first-order valence-electron chi connectivity index (χ1n) is 5.88. The summed E-state index contributed by atoms with van der Waals surface area (Å²) in [5.41, 5.74) is 4.84. The lowest BCUT2D eigenvalue weighted by Gasteiger charge is -2.19. The number of nitrogens with two attached hydrogens (primary N) is 1. The molecule has 1 atom stereocenters. The molecule has 0 spiro atoms. The van der Waals surface area contributed by atoms with Gasteiger partial charge in [-0.3, -0.25) is 14.2 Å². The quantitative estimate of drug-likeness (QED) is 0.904. The average Bonchev–Trinajstić information content (AvgIpc) is 2.32. The molecule has 0 aliphatic rings. The van der Waals surface area contributed by atoms with Crippen LogP contribution >= 0.6 is 0 Å². The topological polar surface area (TPSA) is 78.0 Å². The Morgan fingerprint density at radius 2 is 2.11 bits per heavy atom. The highest BCUT2D eigenvalue weighted by atomic mass is 19.1.